The monoisotopic (exact) mass is 357 g/mol. The molecule has 4 heteroatoms. The van der Waals surface area contributed by atoms with E-state index in [9.17, 15) is 10.2 Å². The fraction of sp³-hybridized carbons (Fsp3) is 0.0455. The Labute approximate surface area is 162 Å². The van der Waals surface area contributed by atoms with E-state index in [0.717, 1.165) is 33.3 Å². The Hall–Kier alpha value is -2.80. The van der Waals surface area contributed by atoms with Crippen molar-refractivity contribution in [1.29, 1.82) is 0 Å². The topological polar surface area (TPSA) is 53.4 Å². The van der Waals surface area contributed by atoms with Crippen molar-refractivity contribution in [3.05, 3.63) is 78.5 Å². The highest BCUT2D eigenvalue weighted by atomic mass is 27.0. The maximum atomic E-state index is 10.4. The predicted octanol–water partition coefficient (Wildman–Crippen LogP) is 4.10. The SMILES string of the molecule is Cc1nc2c(O)cccc2cc1-c1cc(-c2ccccc2)ccc1O.[AlH3]. The quantitative estimate of drug-likeness (QED) is 0.531. The maximum Gasteiger partial charge on any atom is 0.187 e. The van der Waals surface area contributed by atoms with Crippen molar-refractivity contribution >= 4 is 28.3 Å². The van der Waals surface area contributed by atoms with E-state index in [2.05, 4.69) is 4.98 Å². The van der Waals surface area contributed by atoms with Crippen LogP contribution in [0, 0.1) is 6.92 Å². The van der Waals surface area contributed by atoms with Crippen LogP contribution in [-0.2, 0) is 0 Å². The summed E-state index contributed by atoms with van der Waals surface area (Å²) in [6, 6.07) is 22.9. The molecule has 4 rings (SSSR count). The molecule has 3 nitrogen and oxygen atoms in total. The molecule has 0 fully saturated rings. The van der Waals surface area contributed by atoms with Crippen molar-refractivity contribution in [1.82, 2.24) is 4.98 Å². The first-order valence-electron chi connectivity index (χ1n) is 8.11. The van der Waals surface area contributed by atoms with Crippen molar-refractivity contribution < 1.29 is 10.2 Å². The first-order valence-corrected chi connectivity index (χ1v) is 8.11. The molecule has 4 aromatic rings. The highest BCUT2D eigenvalue weighted by Gasteiger charge is 2.13. The second-order valence-corrected chi connectivity index (χ2v) is 6.07. The molecule has 0 unspecified atom stereocenters. The molecule has 3 aromatic carbocycles. The van der Waals surface area contributed by atoms with Crippen LogP contribution < -0.4 is 0 Å². The average molecular weight is 357 g/mol. The summed E-state index contributed by atoms with van der Waals surface area (Å²) >= 11 is 0. The van der Waals surface area contributed by atoms with Crippen molar-refractivity contribution in [2.75, 3.05) is 0 Å². The lowest BCUT2D eigenvalue weighted by Gasteiger charge is -2.12. The van der Waals surface area contributed by atoms with Gasteiger partial charge in [-0.15, -0.1) is 0 Å². The van der Waals surface area contributed by atoms with Crippen LogP contribution in [0.1, 0.15) is 5.69 Å². The lowest BCUT2D eigenvalue weighted by atomic mass is 9.96. The fourth-order valence-electron chi connectivity index (χ4n) is 3.11. The molecule has 1 heterocycles. The van der Waals surface area contributed by atoms with Crippen LogP contribution in [-0.4, -0.2) is 32.6 Å². The fourth-order valence-corrected chi connectivity index (χ4v) is 3.11. The number of phenolic OH excluding ortho intramolecular Hbond substituents is 2. The van der Waals surface area contributed by atoms with Gasteiger partial charge in [0.25, 0.3) is 0 Å². The molecule has 0 aliphatic rings. The Morgan fingerprint density at radius 2 is 1.46 bits per heavy atom. The molecule has 26 heavy (non-hydrogen) atoms. The summed E-state index contributed by atoms with van der Waals surface area (Å²) in [5, 5.41) is 21.2. The third-order valence-electron chi connectivity index (χ3n) is 4.41. The van der Waals surface area contributed by atoms with Crippen molar-refractivity contribution in [2.24, 2.45) is 0 Å². The Kier molecular flexibility index (Phi) is 4.99. The molecular formula is C22H20AlNO2. The average Bonchev–Trinajstić information content (AvgIpc) is 2.63. The third-order valence-corrected chi connectivity index (χ3v) is 4.41. The zero-order valence-electron chi connectivity index (χ0n) is 13.8. The molecule has 0 radical (unpaired) electrons. The molecule has 0 amide bonds. The van der Waals surface area contributed by atoms with E-state index in [1.54, 1.807) is 18.2 Å². The third kappa shape index (κ3) is 3.18. The van der Waals surface area contributed by atoms with Crippen molar-refractivity contribution in [3.8, 4) is 33.8 Å². The van der Waals surface area contributed by atoms with E-state index >= 15 is 0 Å². The summed E-state index contributed by atoms with van der Waals surface area (Å²) in [4.78, 5) is 4.53. The Balaban J connectivity index is 0.00000196. The number of nitrogens with zero attached hydrogens (tertiary/aromatic N) is 1. The number of aromatic nitrogens is 1. The molecule has 0 bridgehead atoms. The number of para-hydroxylation sites is 1. The second-order valence-electron chi connectivity index (χ2n) is 6.07. The predicted molar refractivity (Wildman–Crippen MR) is 111 cm³/mol. The Bertz CT molecular complexity index is 1080. The molecule has 1 aromatic heterocycles. The minimum atomic E-state index is 0. The van der Waals surface area contributed by atoms with Crippen LogP contribution in [0.3, 0.4) is 0 Å². The van der Waals surface area contributed by atoms with Gasteiger partial charge in [-0.3, -0.25) is 0 Å². The number of rotatable bonds is 2. The number of aromatic hydroxyl groups is 2. The van der Waals surface area contributed by atoms with Crippen LogP contribution >= 0.6 is 0 Å². The number of fused-ring (bicyclic) bond motifs is 1. The minimum Gasteiger partial charge on any atom is -0.507 e. The van der Waals surface area contributed by atoms with Crippen LogP contribution in [0.5, 0.6) is 11.5 Å². The van der Waals surface area contributed by atoms with Gasteiger partial charge in [-0.2, -0.15) is 0 Å². The summed E-state index contributed by atoms with van der Waals surface area (Å²) in [5.74, 6) is 0.374. The smallest absolute Gasteiger partial charge is 0.187 e. The van der Waals surface area contributed by atoms with Gasteiger partial charge in [0.15, 0.2) is 17.4 Å². The van der Waals surface area contributed by atoms with Gasteiger partial charge in [0.05, 0.1) is 0 Å². The summed E-state index contributed by atoms with van der Waals surface area (Å²) in [7, 11) is 0. The minimum absolute atomic E-state index is 0. The first-order chi connectivity index (χ1) is 12.1. The molecule has 0 spiro atoms. The summed E-state index contributed by atoms with van der Waals surface area (Å²) in [5.41, 5.74) is 5.04. The van der Waals surface area contributed by atoms with E-state index in [-0.39, 0.29) is 28.9 Å². The second kappa shape index (κ2) is 7.21. The molecule has 128 valence electrons. The van der Waals surface area contributed by atoms with E-state index in [0.29, 0.717) is 5.52 Å². The van der Waals surface area contributed by atoms with Gasteiger partial charge < -0.3 is 10.2 Å². The van der Waals surface area contributed by atoms with E-state index in [4.69, 9.17) is 0 Å². The molecule has 0 saturated carbocycles. The van der Waals surface area contributed by atoms with Gasteiger partial charge in [-0.05, 0) is 42.3 Å². The number of benzene rings is 3. The molecule has 0 aliphatic heterocycles. The highest BCUT2D eigenvalue weighted by Crippen LogP contribution is 2.37. The standard InChI is InChI=1S/C22H17NO2.Al.3H/c1-14-18(13-17-8-5-9-21(25)22(17)23-14)19-12-16(10-11-20(19)24)15-6-3-2-4-7-15;;;;/h2-13,24-25H,1H3;;;;. The Morgan fingerprint density at radius 1 is 0.692 bits per heavy atom. The summed E-state index contributed by atoms with van der Waals surface area (Å²) in [6.07, 6.45) is 0. The van der Waals surface area contributed by atoms with Crippen LogP contribution in [0.15, 0.2) is 72.8 Å². The van der Waals surface area contributed by atoms with Gasteiger partial charge in [0.2, 0.25) is 0 Å². The summed E-state index contributed by atoms with van der Waals surface area (Å²) in [6.45, 7) is 1.88. The number of aryl methyl sites for hydroxylation is 1. The maximum absolute atomic E-state index is 10.4. The highest BCUT2D eigenvalue weighted by molar-refractivity contribution is 5.90. The van der Waals surface area contributed by atoms with E-state index < -0.39 is 0 Å². The molecule has 0 atom stereocenters. The zero-order valence-corrected chi connectivity index (χ0v) is 13.8. The van der Waals surface area contributed by atoms with Gasteiger partial charge in [-0.25, -0.2) is 4.98 Å². The number of hydrogen-bond donors (Lipinski definition) is 2. The summed E-state index contributed by atoms with van der Waals surface area (Å²) < 4.78 is 0. The van der Waals surface area contributed by atoms with Gasteiger partial charge in [0.1, 0.15) is 17.0 Å². The number of phenols is 2. The largest absolute Gasteiger partial charge is 0.507 e. The zero-order chi connectivity index (χ0) is 17.4. The molecule has 2 N–H and O–H groups in total. The van der Waals surface area contributed by atoms with Gasteiger partial charge in [0, 0.05) is 22.2 Å². The van der Waals surface area contributed by atoms with Crippen molar-refractivity contribution in [2.45, 2.75) is 6.92 Å². The van der Waals surface area contributed by atoms with Gasteiger partial charge in [-0.1, -0.05) is 48.5 Å². The van der Waals surface area contributed by atoms with Crippen molar-refractivity contribution in [3.63, 3.8) is 0 Å². The van der Waals surface area contributed by atoms with E-state index in [1.165, 1.54) is 0 Å². The molecule has 0 saturated heterocycles. The Morgan fingerprint density at radius 3 is 2.23 bits per heavy atom. The molecule has 0 aliphatic carbocycles. The number of pyridine rings is 1. The van der Waals surface area contributed by atoms with Gasteiger partial charge >= 0.3 is 0 Å². The lowest BCUT2D eigenvalue weighted by molar-refractivity contribution is 0.477. The van der Waals surface area contributed by atoms with Crippen LogP contribution in [0.25, 0.3) is 33.2 Å². The van der Waals surface area contributed by atoms with Crippen LogP contribution in [0.4, 0.5) is 0 Å². The first kappa shape index (κ1) is 18.0. The number of hydrogen-bond acceptors (Lipinski definition) is 3. The normalized spacial score (nSPS) is 10.5. The van der Waals surface area contributed by atoms with Crippen LogP contribution in [0.2, 0.25) is 0 Å². The van der Waals surface area contributed by atoms with E-state index in [1.807, 2.05) is 61.5 Å². The lowest BCUT2D eigenvalue weighted by Crippen LogP contribution is -1.91. The molecular weight excluding hydrogens is 337 g/mol.